The molecular formula is C31H41FN2O4. The fourth-order valence-corrected chi connectivity index (χ4v) is 6.30. The molecule has 38 heavy (non-hydrogen) atoms. The van der Waals surface area contributed by atoms with Gasteiger partial charge in [0.05, 0.1) is 19.3 Å². The smallest absolute Gasteiger partial charge is 0.325 e. The fourth-order valence-electron chi connectivity index (χ4n) is 6.30. The largest absolute Gasteiger partial charge is 0.480 e. The van der Waals surface area contributed by atoms with Crippen LogP contribution in [0.1, 0.15) is 85.5 Å². The highest BCUT2D eigenvalue weighted by Crippen LogP contribution is 2.33. The summed E-state index contributed by atoms with van der Waals surface area (Å²) in [5.41, 5.74) is 5.22. The number of aromatic nitrogens is 1. The highest BCUT2D eigenvalue weighted by atomic mass is 19.1. The lowest BCUT2D eigenvalue weighted by atomic mass is 9.95. The Kier molecular flexibility index (Phi) is 9.41. The van der Waals surface area contributed by atoms with Gasteiger partial charge in [0.25, 0.3) is 0 Å². The summed E-state index contributed by atoms with van der Waals surface area (Å²) in [6.07, 6.45) is 12.2. The third-order valence-electron chi connectivity index (χ3n) is 8.46. The molecule has 2 saturated heterocycles. The minimum atomic E-state index is -0.931. The number of carbonyl (C=O) groups is 1. The van der Waals surface area contributed by atoms with Gasteiger partial charge in [0.15, 0.2) is 0 Å². The zero-order valence-corrected chi connectivity index (χ0v) is 22.4. The van der Waals surface area contributed by atoms with Crippen molar-refractivity contribution >= 4 is 5.97 Å². The van der Waals surface area contributed by atoms with Gasteiger partial charge in [-0.1, -0.05) is 25.0 Å². The van der Waals surface area contributed by atoms with Crippen molar-refractivity contribution in [2.45, 2.75) is 89.4 Å². The van der Waals surface area contributed by atoms with Crippen LogP contribution in [0.2, 0.25) is 0 Å². The molecule has 3 heterocycles. The number of rotatable bonds is 12. The maximum Gasteiger partial charge on any atom is 0.325 e. The number of carboxylic acids is 1. The quantitative estimate of drug-likeness (QED) is 0.362. The van der Waals surface area contributed by atoms with Gasteiger partial charge in [0, 0.05) is 24.5 Å². The summed E-state index contributed by atoms with van der Waals surface area (Å²) in [6.45, 7) is 2.95. The first-order valence-electron chi connectivity index (χ1n) is 14.5. The van der Waals surface area contributed by atoms with E-state index in [1.807, 2.05) is 4.90 Å². The zero-order chi connectivity index (χ0) is 26.3. The van der Waals surface area contributed by atoms with E-state index < -0.39 is 17.8 Å². The van der Waals surface area contributed by atoms with Crippen LogP contribution in [0.4, 0.5) is 4.39 Å². The van der Waals surface area contributed by atoms with Crippen LogP contribution in [0.3, 0.4) is 0 Å². The highest BCUT2D eigenvalue weighted by Gasteiger charge is 2.35. The first-order valence-corrected chi connectivity index (χ1v) is 14.5. The molecule has 6 nitrogen and oxygen atoms in total. The monoisotopic (exact) mass is 524 g/mol. The average Bonchev–Trinajstić information content (AvgIpc) is 3.60. The number of aliphatic carboxylic acids is 1. The third-order valence-corrected chi connectivity index (χ3v) is 8.46. The second-order valence-corrected chi connectivity index (χ2v) is 11.2. The predicted molar refractivity (Wildman–Crippen MR) is 144 cm³/mol. The molecule has 1 aromatic heterocycles. The van der Waals surface area contributed by atoms with E-state index in [0.717, 1.165) is 63.5 Å². The number of fused-ring (bicyclic) bond motifs is 1. The molecule has 0 radical (unpaired) electrons. The molecule has 2 fully saturated rings. The molecule has 2 aromatic rings. The molecule has 3 aliphatic rings. The molecule has 0 bridgehead atoms. The van der Waals surface area contributed by atoms with E-state index in [0.29, 0.717) is 31.2 Å². The number of nitrogens with zero attached hydrogens (tertiary/aromatic N) is 2. The Morgan fingerprint density at radius 2 is 2.05 bits per heavy atom. The SMILES string of the molecule is O=C(O)C(c1cc(F)ccc1CO[C@@H]1CCOC1)N1CC[C@@H](CCCCCc2ccc3c(n2)CCCC3)C1. The molecule has 2 aliphatic heterocycles. The van der Waals surface area contributed by atoms with E-state index in [4.69, 9.17) is 14.5 Å². The number of ether oxygens (including phenoxy) is 2. The minimum absolute atomic E-state index is 0.00961. The summed E-state index contributed by atoms with van der Waals surface area (Å²) in [7, 11) is 0. The summed E-state index contributed by atoms with van der Waals surface area (Å²) in [5.74, 6) is -0.870. The number of halogens is 1. The van der Waals surface area contributed by atoms with Crippen LogP contribution in [0.5, 0.6) is 0 Å². The summed E-state index contributed by atoms with van der Waals surface area (Å²) >= 11 is 0. The van der Waals surface area contributed by atoms with Gasteiger partial charge in [0.1, 0.15) is 11.9 Å². The third kappa shape index (κ3) is 6.99. The van der Waals surface area contributed by atoms with Crippen molar-refractivity contribution in [3.8, 4) is 0 Å². The minimum Gasteiger partial charge on any atom is -0.480 e. The number of unbranched alkanes of at least 4 members (excludes halogenated alkanes) is 2. The van der Waals surface area contributed by atoms with Gasteiger partial charge in [-0.25, -0.2) is 4.39 Å². The van der Waals surface area contributed by atoms with Gasteiger partial charge in [-0.15, -0.1) is 0 Å². The van der Waals surface area contributed by atoms with Crippen molar-refractivity contribution in [2.75, 3.05) is 26.3 Å². The van der Waals surface area contributed by atoms with Crippen molar-refractivity contribution in [2.24, 2.45) is 5.92 Å². The number of hydrogen-bond acceptors (Lipinski definition) is 5. The number of hydrogen-bond donors (Lipinski definition) is 1. The molecule has 0 amide bonds. The topological polar surface area (TPSA) is 71.9 Å². The van der Waals surface area contributed by atoms with Crippen molar-refractivity contribution in [1.82, 2.24) is 9.88 Å². The molecule has 7 heteroatoms. The lowest BCUT2D eigenvalue weighted by molar-refractivity contribution is -0.143. The van der Waals surface area contributed by atoms with Crippen LogP contribution in [-0.4, -0.2) is 53.4 Å². The Labute approximate surface area is 225 Å². The molecule has 0 spiro atoms. The second-order valence-electron chi connectivity index (χ2n) is 11.2. The molecular weight excluding hydrogens is 483 g/mol. The standard InChI is InChI=1S/C31H41FN2O4/c32-25-12-10-24(20-38-27-15-17-37-21-27)28(18-25)30(31(35)36)34-16-14-22(19-34)6-2-1-3-8-26-13-11-23-7-4-5-9-29(23)33-26/h10-13,18,22,27,30H,1-9,14-17,19-21H2,(H,35,36)/t22-,27-,30?/m1/s1. The van der Waals surface area contributed by atoms with Gasteiger partial charge in [-0.2, -0.15) is 0 Å². The van der Waals surface area contributed by atoms with E-state index in [1.165, 1.54) is 48.3 Å². The van der Waals surface area contributed by atoms with Crippen molar-refractivity contribution in [3.05, 3.63) is 64.2 Å². The summed E-state index contributed by atoms with van der Waals surface area (Å²) < 4.78 is 25.6. The number of likely N-dealkylation sites (tertiary alicyclic amines) is 1. The number of carboxylic acid groups (broad SMARTS) is 1. The number of benzene rings is 1. The predicted octanol–water partition coefficient (Wildman–Crippen LogP) is 5.66. The Bertz CT molecular complexity index is 1090. The maximum absolute atomic E-state index is 14.2. The fraction of sp³-hybridized carbons (Fsp3) is 0.613. The average molecular weight is 525 g/mol. The Morgan fingerprint density at radius 1 is 1.16 bits per heavy atom. The molecule has 1 unspecified atom stereocenters. The molecule has 5 rings (SSSR count). The van der Waals surface area contributed by atoms with Crippen LogP contribution in [-0.2, 0) is 40.1 Å². The van der Waals surface area contributed by atoms with Crippen LogP contribution in [0, 0.1) is 11.7 Å². The van der Waals surface area contributed by atoms with Crippen molar-refractivity contribution < 1.29 is 23.8 Å². The van der Waals surface area contributed by atoms with E-state index >= 15 is 0 Å². The number of aryl methyl sites for hydroxylation is 3. The van der Waals surface area contributed by atoms with Crippen molar-refractivity contribution in [1.29, 1.82) is 0 Å². The second kappa shape index (κ2) is 13.1. The lowest BCUT2D eigenvalue weighted by Gasteiger charge is -2.27. The first-order chi connectivity index (χ1) is 18.6. The van der Waals surface area contributed by atoms with Gasteiger partial charge < -0.3 is 14.6 Å². The molecule has 1 N–H and O–H groups in total. The maximum atomic E-state index is 14.2. The van der Waals surface area contributed by atoms with Crippen LogP contribution in [0.25, 0.3) is 0 Å². The van der Waals surface area contributed by atoms with E-state index in [1.54, 1.807) is 6.07 Å². The van der Waals surface area contributed by atoms with E-state index in [2.05, 4.69) is 12.1 Å². The molecule has 1 aliphatic carbocycles. The molecule has 1 aromatic carbocycles. The normalized spacial score (nSPS) is 22.4. The summed E-state index contributed by atoms with van der Waals surface area (Å²) in [5, 5.41) is 10.2. The Hall–Kier alpha value is -2.35. The van der Waals surface area contributed by atoms with Gasteiger partial charge in [-0.05, 0) is 105 Å². The van der Waals surface area contributed by atoms with E-state index in [9.17, 15) is 14.3 Å². The number of pyridine rings is 1. The van der Waals surface area contributed by atoms with Crippen LogP contribution in [0.15, 0.2) is 30.3 Å². The molecule has 3 atom stereocenters. The van der Waals surface area contributed by atoms with Gasteiger partial charge in [0.2, 0.25) is 0 Å². The summed E-state index contributed by atoms with van der Waals surface area (Å²) in [4.78, 5) is 19.3. The van der Waals surface area contributed by atoms with Crippen molar-refractivity contribution in [3.63, 3.8) is 0 Å². The Morgan fingerprint density at radius 3 is 2.89 bits per heavy atom. The van der Waals surface area contributed by atoms with E-state index in [-0.39, 0.29) is 12.7 Å². The molecule has 0 saturated carbocycles. The van der Waals surface area contributed by atoms with Crippen LogP contribution >= 0.6 is 0 Å². The van der Waals surface area contributed by atoms with Gasteiger partial charge in [-0.3, -0.25) is 14.7 Å². The van der Waals surface area contributed by atoms with Crippen LogP contribution < -0.4 is 0 Å². The Balaban J connectivity index is 1.11. The molecule has 206 valence electrons. The summed E-state index contributed by atoms with van der Waals surface area (Å²) in [6, 6.07) is 8.06. The zero-order valence-electron chi connectivity index (χ0n) is 22.4. The lowest BCUT2D eigenvalue weighted by Crippen LogP contribution is -2.33. The van der Waals surface area contributed by atoms with Gasteiger partial charge >= 0.3 is 5.97 Å². The highest BCUT2D eigenvalue weighted by molar-refractivity contribution is 5.76. The first kappa shape index (κ1) is 27.2.